The Bertz CT molecular complexity index is 7470. The summed E-state index contributed by atoms with van der Waals surface area (Å²) in [6.45, 7) is 0. The minimum absolute atomic E-state index is 1.07. The molecule has 6 heteroatoms. The third-order valence-electron chi connectivity index (χ3n) is 22.2. The molecule has 0 saturated heterocycles. The van der Waals surface area contributed by atoms with E-state index in [0.29, 0.717) is 0 Å². The normalized spacial score (nSPS) is 11.8. The average molecular weight is 1470 g/mol. The third-order valence-corrected chi connectivity index (χ3v) is 26.8. The van der Waals surface area contributed by atoms with Gasteiger partial charge in [-0.2, -0.15) is 0 Å². The Morgan fingerprint density at radius 3 is 1.07 bits per heavy atom. The van der Waals surface area contributed by atoms with E-state index in [2.05, 4.69) is 398 Å². The molecule has 0 aliphatic heterocycles. The number of thiophene rings is 4. The topological polar surface area (TPSA) is 6.48 Å². The summed E-state index contributed by atoms with van der Waals surface area (Å²) < 4.78 is 10.2. The van der Waals surface area contributed by atoms with E-state index in [1.165, 1.54) is 141 Å². The van der Waals surface area contributed by atoms with E-state index in [1.54, 1.807) is 0 Å². The number of para-hydroxylation sites is 1. The van der Waals surface area contributed by atoms with E-state index in [9.17, 15) is 0 Å². The summed E-state index contributed by atoms with van der Waals surface area (Å²) in [6.07, 6.45) is 0. The number of nitrogens with zero attached hydrogens (tertiary/aromatic N) is 2. The molecule has 4 aromatic heterocycles. The maximum Gasteiger partial charge on any atom is 0.0546 e. The van der Waals surface area contributed by atoms with Crippen LogP contribution in [-0.2, 0) is 0 Å². The lowest BCUT2D eigenvalue weighted by Gasteiger charge is -2.29. The monoisotopic (exact) mass is 1470 g/mol. The molecular weight excluding hydrogens is 1410 g/mol. The van der Waals surface area contributed by atoms with E-state index in [0.717, 1.165) is 73.1 Å². The fourth-order valence-corrected chi connectivity index (χ4v) is 21.5. The van der Waals surface area contributed by atoms with Crippen molar-refractivity contribution in [2.75, 3.05) is 9.80 Å². The number of hydrogen-bond acceptors (Lipinski definition) is 6. The van der Waals surface area contributed by atoms with Crippen LogP contribution in [0.3, 0.4) is 0 Å². The molecule has 0 spiro atoms. The second-order valence-corrected chi connectivity index (χ2v) is 33.0. The van der Waals surface area contributed by atoms with Crippen molar-refractivity contribution in [1.29, 1.82) is 0 Å². The van der Waals surface area contributed by atoms with Crippen molar-refractivity contribution in [1.82, 2.24) is 0 Å². The lowest BCUT2D eigenvalue weighted by molar-refractivity contribution is 1.28. The van der Waals surface area contributed by atoms with Gasteiger partial charge in [-0.15, -0.1) is 45.3 Å². The molecule has 0 amide bonds. The van der Waals surface area contributed by atoms with Crippen molar-refractivity contribution in [3.63, 3.8) is 0 Å². The van der Waals surface area contributed by atoms with E-state index in [1.807, 2.05) is 45.3 Å². The molecule has 110 heavy (non-hydrogen) atoms. The highest BCUT2D eigenvalue weighted by atomic mass is 32.1. The van der Waals surface area contributed by atoms with Gasteiger partial charge in [-0.3, -0.25) is 0 Å². The Morgan fingerprint density at radius 1 is 0.155 bits per heavy atom. The summed E-state index contributed by atoms with van der Waals surface area (Å²) in [5.74, 6) is 0. The molecule has 0 radical (unpaired) electrons. The fraction of sp³-hybridized carbons (Fsp3) is 0. The predicted octanol–water partition coefficient (Wildman–Crippen LogP) is 32.1. The van der Waals surface area contributed by atoms with Gasteiger partial charge in [0.1, 0.15) is 0 Å². The van der Waals surface area contributed by atoms with E-state index in [-0.39, 0.29) is 0 Å². The second kappa shape index (κ2) is 26.4. The van der Waals surface area contributed by atoms with Gasteiger partial charge < -0.3 is 9.80 Å². The van der Waals surface area contributed by atoms with Crippen LogP contribution in [0.4, 0.5) is 34.1 Å². The molecule has 0 N–H and O–H groups in total. The number of anilines is 6. The van der Waals surface area contributed by atoms with Crippen LogP contribution in [0.25, 0.3) is 180 Å². The van der Waals surface area contributed by atoms with E-state index < -0.39 is 0 Å². The molecule has 4 heterocycles. The van der Waals surface area contributed by atoms with Crippen LogP contribution in [-0.4, -0.2) is 0 Å². The Kier molecular flexibility index (Phi) is 15.4. The average Bonchev–Trinajstić information content (AvgIpc) is 1.66. The Balaban J connectivity index is 0.676. The first kappa shape index (κ1) is 64.2. The van der Waals surface area contributed by atoms with Gasteiger partial charge in [0.15, 0.2) is 0 Å². The van der Waals surface area contributed by atoms with Gasteiger partial charge in [0.05, 0.1) is 11.4 Å². The molecule has 0 atom stereocenters. The van der Waals surface area contributed by atoms with Crippen LogP contribution in [0.2, 0.25) is 0 Å². The number of rotatable bonds is 13. The van der Waals surface area contributed by atoms with Gasteiger partial charge in [-0.1, -0.05) is 267 Å². The zero-order chi connectivity index (χ0) is 72.3. The molecule has 0 aliphatic rings. The van der Waals surface area contributed by atoms with Crippen molar-refractivity contribution >= 4 is 182 Å². The fourth-order valence-electron chi connectivity index (χ4n) is 16.8. The van der Waals surface area contributed by atoms with Gasteiger partial charge in [0, 0.05) is 115 Å². The Hall–Kier alpha value is -13.0. The molecule has 0 saturated carbocycles. The SMILES string of the molecule is c1cc(-c2ccc3ccccc3c2)cc(N(c2cccc(-c3ccc4c(c3)sc3ccc(-c5ccc(-c6ccc7c(c6)sc6ccccc67)c(N(c6cccc(-c7ccc8ccccc8c7)c6)c6cccc(-c7cccc8c7sc7ccccc78)c6)c5)cc34)c2)c2ccccc2-c2ccc3c(c2)sc2ccccc23)c1. The largest absolute Gasteiger partial charge is 0.310 e. The van der Waals surface area contributed by atoms with Crippen LogP contribution >= 0.6 is 45.3 Å². The molecule has 0 unspecified atom stereocenters. The predicted molar refractivity (Wildman–Crippen MR) is 480 cm³/mol. The number of fused-ring (bicyclic) bond motifs is 14. The van der Waals surface area contributed by atoms with Gasteiger partial charge in [-0.05, 0) is 210 Å². The first-order valence-corrected chi connectivity index (χ1v) is 40.7. The van der Waals surface area contributed by atoms with Crippen molar-refractivity contribution in [2.24, 2.45) is 0 Å². The van der Waals surface area contributed by atoms with Gasteiger partial charge in [-0.25, -0.2) is 0 Å². The summed E-state index contributed by atoms with van der Waals surface area (Å²) >= 11 is 7.48. The summed E-state index contributed by atoms with van der Waals surface area (Å²) in [5, 5.41) is 15.2. The zero-order valence-corrected chi connectivity index (χ0v) is 62.7. The number of hydrogen-bond donors (Lipinski definition) is 0. The molecule has 514 valence electrons. The van der Waals surface area contributed by atoms with Crippen molar-refractivity contribution in [3.8, 4) is 77.9 Å². The van der Waals surface area contributed by atoms with Gasteiger partial charge in [0.2, 0.25) is 0 Å². The highest BCUT2D eigenvalue weighted by Crippen LogP contribution is 2.51. The van der Waals surface area contributed by atoms with Crippen molar-refractivity contribution in [3.05, 3.63) is 388 Å². The summed E-state index contributed by atoms with van der Waals surface area (Å²) in [7, 11) is 0. The van der Waals surface area contributed by atoms with Crippen LogP contribution in [0.1, 0.15) is 0 Å². The molecular formula is C104H64N2S4. The van der Waals surface area contributed by atoms with Gasteiger partial charge in [0.25, 0.3) is 0 Å². The molecule has 22 aromatic rings. The minimum Gasteiger partial charge on any atom is -0.310 e. The molecule has 0 fully saturated rings. The van der Waals surface area contributed by atoms with Crippen LogP contribution in [0.5, 0.6) is 0 Å². The summed E-state index contributed by atoms with van der Waals surface area (Å²) in [4.78, 5) is 4.99. The lowest BCUT2D eigenvalue weighted by Crippen LogP contribution is -2.12. The molecule has 0 bridgehead atoms. The Morgan fingerprint density at radius 2 is 0.491 bits per heavy atom. The van der Waals surface area contributed by atoms with Crippen molar-refractivity contribution in [2.45, 2.75) is 0 Å². The standard InChI is InChI=1S/C104H64N2S4/c1-3-20-67-54-72(42-40-65(67)18-1)69-22-13-26-80(56-69)105(95-36-9-5-30-84(95)78-46-51-90-87-31-6-10-37-97(87)107-102(90)63-78)81-27-15-24-71(58-81)76-45-50-92-94-60-74(48-53-100(94)109-101(92)62-76)75-44-49-85(79-47-52-91-88-32-7-11-38-98(88)108-103(91)64-79)96(61-75)106(82-28-14-23-70(57-82)73-43-41-66-19-2-4-21-68(66)55-73)83-29-16-25-77(59-83)86-34-17-35-93-89-33-8-12-39-99(89)110-104(86)93/h1-64H. The Labute approximate surface area is 652 Å². The van der Waals surface area contributed by atoms with Gasteiger partial charge >= 0.3 is 0 Å². The second-order valence-electron chi connectivity index (χ2n) is 28.7. The number of benzene rings is 18. The highest BCUT2D eigenvalue weighted by Gasteiger charge is 2.25. The van der Waals surface area contributed by atoms with Crippen LogP contribution < -0.4 is 9.80 Å². The summed E-state index contributed by atoms with van der Waals surface area (Å²) in [5.41, 5.74) is 22.8. The van der Waals surface area contributed by atoms with Crippen LogP contribution in [0, 0.1) is 0 Å². The zero-order valence-electron chi connectivity index (χ0n) is 59.5. The summed E-state index contributed by atoms with van der Waals surface area (Å²) in [6, 6.07) is 145. The third kappa shape index (κ3) is 11.2. The molecule has 2 nitrogen and oxygen atoms in total. The lowest BCUT2D eigenvalue weighted by atomic mass is 9.94. The minimum atomic E-state index is 1.07. The molecule has 22 rings (SSSR count). The highest BCUT2D eigenvalue weighted by molar-refractivity contribution is 7.27. The van der Waals surface area contributed by atoms with Crippen LogP contribution in [0.15, 0.2) is 388 Å². The maximum atomic E-state index is 2.52. The van der Waals surface area contributed by atoms with E-state index in [4.69, 9.17) is 0 Å². The molecule has 0 aliphatic carbocycles. The van der Waals surface area contributed by atoms with Crippen molar-refractivity contribution < 1.29 is 0 Å². The first-order valence-electron chi connectivity index (χ1n) is 37.4. The smallest absolute Gasteiger partial charge is 0.0546 e. The first-order chi connectivity index (χ1) is 54.4. The quantitative estimate of drug-likeness (QED) is 0.114. The maximum absolute atomic E-state index is 2.52. The molecule has 18 aromatic carbocycles. The van der Waals surface area contributed by atoms with E-state index >= 15 is 0 Å².